The fourth-order valence-corrected chi connectivity index (χ4v) is 3.84. The zero-order chi connectivity index (χ0) is 14.6. The second kappa shape index (κ2) is 6.41. The predicted octanol–water partition coefficient (Wildman–Crippen LogP) is 1.97. The Kier molecular flexibility index (Phi) is 4.83. The third kappa shape index (κ3) is 3.41. The summed E-state index contributed by atoms with van der Waals surface area (Å²) < 4.78 is 25.7. The fourth-order valence-electron chi connectivity index (χ4n) is 2.53. The molecule has 0 unspecified atom stereocenters. The van der Waals surface area contributed by atoms with Crippen LogP contribution in [0.1, 0.15) is 18.9 Å². The quantitative estimate of drug-likeness (QED) is 0.849. The van der Waals surface area contributed by atoms with E-state index < -0.39 is 9.84 Å². The van der Waals surface area contributed by atoms with Crippen molar-refractivity contribution in [1.82, 2.24) is 4.57 Å². The first kappa shape index (κ1) is 15.1. The molecule has 2 N–H and O–H groups in total. The molecule has 0 bridgehead atoms. The van der Waals surface area contributed by atoms with E-state index in [0.717, 1.165) is 17.3 Å². The van der Waals surface area contributed by atoms with Gasteiger partial charge in [0.1, 0.15) is 0 Å². The first-order chi connectivity index (χ1) is 9.57. The molecule has 0 aliphatic heterocycles. The number of nitrogens with zero attached hydrogens (tertiary/aromatic N) is 1. The number of aromatic nitrogens is 1. The van der Waals surface area contributed by atoms with E-state index in [0.29, 0.717) is 19.5 Å². The second-order valence-corrected chi connectivity index (χ2v) is 7.36. The smallest absolute Gasteiger partial charge is 0.152 e. The van der Waals surface area contributed by atoms with Crippen molar-refractivity contribution in [2.45, 2.75) is 26.3 Å². The molecule has 20 heavy (non-hydrogen) atoms. The Morgan fingerprint density at radius 3 is 2.70 bits per heavy atom. The van der Waals surface area contributed by atoms with E-state index in [-0.39, 0.29) is 11.5 Å². The number of aryl methyl sites for hydroxylation is 1. The highest BCUT2D eigenvalue weighted by molar-refractivity contribution is 7.91. The van der Waals surface area contributed by atoms with Crippen molar-refractivity contribution >= 4 is 20.7 Å². The first-order valence-electron chi connectivity index (χ1n) is 7.04. The Morgan fingerprint density at radius 1 is 1.20 bits per heavy atom. The Bertz CT molecular complexity index is 674. The molecule has 0 fully saturated rings. The number of rotatable bonds is 7. The number of nitrogens with two attached hydrogens (primary N) is 1. The van der Waals surface area contributed by atoms with Crippen LogP contribution in [0.15, 0.2) is 30.5 Å². The molecule has 1 aromatic carbocycles. The van der Waals surface area contributed by atoms with Crippen molar-refractivity contribution in [1.29, 1.82) is 0 Å². The van der Waals surface area contributed by atoms with Crippen LogP contribution in [0.25, 0.3) is 10.9 Å². The van der Waals surface area contributed by atoms with Gasteiger partial charge in [0.25, 0.3) is 0 Å². The van der Waals surface area contributed by atoms with E-state index in [1.54, 1.807) is 0 Å². The van der Waals surface area contributed by atoms with Gasteiger partial charge in [-0.3, -0.25) is 0 Å². The zero-order valence-electron chi connectivity index (χ0n) is 11.9. The molecule has 2 rings (SSSR count). The molecule has 0 amide bonds. The van der Waals surface area contributed by atoms with Crippen LogP contribution in [0.4, 0.5) is 0 Å². The molecular formula is C15H22N2O2S. The van der Waals surface area contributed by atoms with Gasteiger partial charge in [0, 0.05) is 18.5 Å². The van der Waals surface area contributed by atoms with E-state index in [1.165, 1.54) is 5.56 Å². The van der Waals surface area contributed by atoms with E-state index in [9.17, 15) is 8.42 Å². The fraction of sp³-hybridized carbons (Fsp3) is 0.467. The molecule has 0 spiro atoms. The summed E-state index contributed by atoms with van der Waals surface area (Å²) in [5, 5.41) is 1.14. The normalized spacial score (nSPS) is 12.1. The SMILES string of the molecule is CCCS(=O)(=O)CCn1ccc2cccc(CCN)c21. The van der Waals surface area contributed by atoms with E-state index in [4.69, 9.17) is 5.73 Å². The Morgan fingerprint density at radius 2 is 2.00 bits per heavy atom. The summed E-state index contributed by atoms with van der Waals surface area (Å²) in [6, 6.07) is 8.16. The maximum absolute atomic E-state index is 11.8. The zero-order valence-corrected chi connectivity index (χ0v) is 12.7. The van der Waals surface area contributed by atoms with Crippen LogP contribution in [0.3, 0.4) is 0 Å². The van der Waals surface area contributed by atoms with Crippen LogP contribution in [0.5, 0.6) is 0 Å². The molecule has 110 valence electrons. The summed E-state index contributed by atoms with van der Waals surface area (Å²) in [6.07, 6.45) is 3.45. The maximum atomic E-state index is 11.8. The molecule has 0 atom stereocenters. The van der Waals surface area contributed by atoms with Gasteiger partial charge in [-0.2, -0.15) is 0 Å². The van der Waals surface area contributed by atoms with Crippen LogP contribution in [-0.2, 0) is 22.8 Å². The summed E-state index contributed by atoms with van der Waals surface area (Å²) in [5.74, 6) is 0.462. The summed E-state index contributed by atoms with van der Waals surface area (Å²) in [4.78, 5) is 0. The van der Waals surface area contributed by atoms with Crippen LogP contribution < -0.4 is 5.73 Å². The van der Waals surface area contributed by atoms with Crippen molar-refractivity contribution in [3.05, 3.63) is 36.0 Å². The highest BCUT2D eigenvalue weighted by Gasteiger charge is 2.11. The van der Waals surface area contributed by atoms with Crippen molar-refractivity contribution in [2.24, 2.45) is 5.73 Å². The third-order valence-corrected chi connectivity index (χ3v) is 5.28. The van der Waals surface area contributed by atoms with Gasteiger partial charge < -0.3 is 10.3 Å². The molecule has 1 aromatic heterocycles. The topological polar surface area (TPSA) is 65.1 Å². The molecule has 1 heterocycles. The molecule has 4 nitrogen and oxygen atoms in total. The average Bonchev–Trinajstić information content (AvgIpc) is 2.81. The average molecular weight is 294 g/mol. The molecule has 0 aliphatic rings. The lowest BCUT2D eigenvalue weighted by Gasteiger charge is -2.10. The second-order valence-electron chi connectivity index (χ2n) is 5.05. The van der Waals surface area contributed by atoms with Crippen LogP contribution >= 0.6 is 0 Å². The van der Waals surface area contributed by atoms with Gasteiger partial charge in [-0.1, -0.05) is 25.1 Å². The number of para-hydroxylation sites is 1. The van der Waals surface area contributed by atoms with Crippen LogP contribution in [0.2, 0.25) is 0 Å². The minimum atomic E-state index is -2.95. The van der Waals surface area contributed by atoms with Crippen LogP contribution in [0, 0.1) is 0 Å². The van der Waals surface area contributed by atoms with Crippen molar-refractivity contribution in [2.75, 3.05) is 18.1 Å². The monoisotopic (exact) mass is 294 g/mol. The van der Waals surface area contributed by atoms with Crippen molar-refractivity contribution < 1.29 is 8.42 Å². The minimum Gasteiger partial charge on any atom is -0.346 e. The van der Waals surface area contributed by atoms with Gasteiger partial charge in [-0.25, -0.2) is 8.42 Å². The molecule has 0 saturated heterocycles. The highest BCUT2D eigenvalue weighted by atomic mass is 32.2. The van der Waals surface area contributed by atoms with Gasteiger partial charge in [-0.15, -0.1) is 0 Å². The lowest BCUT2D eigenvalue weighted by atomic mass is 10.1. The number of benzene rings is 1. The van der Waals surface area contributed by atoms with E-state index in [2.05, 4.69) is 6.07 Å². The van der Waals surface area contributed by atoms with E-state index in [1.807, 2.05) is 35.9 Å². The Hall–Kier alpha value is -1.33. The number of sulfone groups is 1. The van der Waals surface area contributed by atoms with Crippen molar-refractivity contribution in [3.63, 3.8) is 0 Å². The van der Waals surface area contributed by atoms with Gasteiger partial charge >= 0.3 is 0 Å². The predicted molar refractivity (Wildman–Crippen MR) is 83.6 cm³/mol. The third-order valence-electron chi connectivity index (χ3n) is 3.44. The van der Waals surface area contributed by atoms with Crippen LogP contribution in [-0.4, -0.2) is 31.0 Å². The van der Waals surface area contributed by atoms with Gasteiger partial charge in [0.2, 0.25) is 0 Å². The summed E-state index contributed by atoms with van der Waals surface area (Å²) >= 11 is 0. The number of hydrogen-bond donors (Lipinski definition) is 1. The van der Waals surface area contributed by atoms with Gasteiger partial charge in [0.15, 0.2) is 9.84 Å². The Balaban J connectivity index is 2.26. The van der Waals surface area contributed by atoms with Gasteiger partial charge in [0.05, 0.1) is 11.3 Å². The number of fused-ring (bicyclic) bond motifs is 1. The molecular weight excluding hydrogens is 272 g/mol. The molecule has 0 radical (unpaired) electrons. The molecule has 0 saturated carbocycles. The van der Waals surface area contributed by atoms with Crippen molar-refractivity contribution in [3.8, 4) is 0 Å². The Labute approximate surface area is 120 Å². The largest absolute Gasteiger partial charge is 0.346 e. The summed E-state index contributed by atoms with van der Waals surface area (Å²) in [5.41, 5.74) is 7.95. The molecule has 0 aliphatic carbocycles. The standard InChI is InChI=1S/C15H22N2O2S/c1-2-11-20(18,19)12-10-17-9-7-14-5-3-4-13(6-8-16)15(14)17/h3-5,7,9H,2,6,8,10-12,16H2,1H3. The van der Waals surface area contributed by atoms with E-state index >= 15 is 0 Å². The molecule has 2 aromatic rings. The summed E-state index contributed by atoms with van der Waals surface area (Å²) in [6.45, 7) is 2.99. The van der Waals surface area contributed by atoms with Gasteiger partial charge in [-0.05, 0) is 36.4 Å². The highest BCUT2D eigenvalue weighted by Crippen LogP contribution is 2.21. The molecule has 5 heteroatoms. The first-order valence-corrected chi connectivity index (χ1v) is 8.87. The number of hydrogen-bond acceptors (Lipinski definition) is 3. The lowest BCUT2D eigenvalue weighted by Crippen LogP contribution is -2.15. The minimum absolute atomic E-state index is 0.196. The maximum Gasteiger partial charge on any atom is 0.152 e. The summed E-state index contributed by atoms with van der Waals surface area (Å²) in [7, 11) is -2.95. The lowest BCUT2D eigenvalue weighted by molar-refractivity contribution is 0.588.